The Morgan fingerprint density at radius 2 is 2.04 bits per heavy atom. The van der Waals surface area contributed by atoms with Crippen molar-refractivity contribution in [3.05, 3.63) is 23.0 Å². The summed E-state index contributed by atoms with van der Waals surface area (Å²) in [5, 5.41) is 20.4. The molecule has 0 aliphatic carbocycles. The molecule has 0 radical (unpaired) electrons. The minimum atomic E-state index is -3.76. The number of phosphoric ester groups is 1. The number of aromatic amines is 1. The quantitative estimate of drug-likeness (QED) is 0.543. The molecule has 13 heteroatoms. The van der Waals surface area contributed by atoms with E-state index in [0.29, 0.717) is 0 Å². The molecule has 0 aromatic carbocycles. The normalized spacial score (nSPS) is 27.2. The van der Waals surface area contributed by atoms with Gasteiger partial charge in [-0.15, -0.1) is 0 Å². The fourth-order valence-corrected chi connectivity index (χ4v) is 3.18. The Hall–Kier alpha value is -1.66. The van der Waals surface area contributed by atoms with Gasteiger partial charge in [0.25, 0.3) is 5.56 Å². The summed E-state index contributed by atoms with van der Waals surface area (Å²) >= 11 is 0. The number of ether oxygens (including phenoxy) is 1. The number of aliphatic hydroxyl groups excluding tert-OH is 2. The molecule has 0 spiro atoms. The Morgan fingerprint density at radius 1 is 1.32 bits per heavy atom. The zero-order valence-corrected chi connectivity index (χ0v) is 14.2. The number of aliphatic hydroxyl groups is 2. The number of nitrogens with one attached hydrogen (secondary N) is 1. The van der Waals surface area contributed by atoms with Crippen LogP contribution in [-0.2, 0) is 22.9 Å². The summed E-state index contributed by atoms with van der Waals surface area (Å²) in [5.41, 5.74) is -0.199. The minimum Gasteiger partial charge on any atom is -0.387 e. The summed E-state index contributed by atoms with van der Waals surface area (Å²) in [5.74, 6) is 0. The van der Waals surface area contributed by atoms with E-state index in [2.05, 4.69) is 24.0 Å². The molecule has 25 heavy (non-hydrogen) atoms. The van der Waals surface area contributed by atoms with E-state index in [9.17, 15) is 19.6 Å². The summed E-state index contributed by atoms with van der Waals surface area (Å²) in [6.45, 7) is -0.353. The van der Waals surface area contributed by atoms with E-state index < -0.39 is 37.9 Å². The van der Waals surface area contributed by atoms with E-state index in [1.54, 1.807) is 0 Å². The van der Waals surface area contributed by atoms with E-state index in [1.165, 1.54) is 17.2 Å². The van der Waals surface area contributed by atoms with Crippen LogP contribution in [0.25, 0.3) is 11.2 Å². The molecule has 3 heterocycles. The van der Waals surface area contributed by atoms with Crippen LogP contribution in [0.5, 0.6) is 0 Å². The molecule has 1 saturated heterocycles. The molecule has 1 fully saturated rings. The van der Waals surface area contributed by atoms with Gasteiger partial charge in [0.1, 0.15) is 18.3 Å². The van der Waals surface area contributed by atoms with Crippen LogP contribution in [0, 0.1) is 0 Å². The molecule has 1 aliphatic heterocycles. The second-order valence-electron chi connectivity index (χ2n) is 5.21. The van der Waals surface area contributed by atoms with Crippen LogP contribution in [0.15, 0.2) is 17.4 Å². The summed E-state index contributed by atoms with van der Waals surface area (Å²) < 4.78 is 33.1. The summed E-state index contributed by atoms with van der Waals surface area (Å²) in [6.07, 6.45) is -2.31. The van der Waals surface area contributed by atoms with Gasteiger partial charge in [-0.25, -0.2) is 14.5 Å². The van der Waals surface area contributed by atoms with Crippen LogP contribution in [0.2, 0.25) is 0 Å². The van der Waals surface area contributed by atoms with Gasteiger partial charge in [-0.05, 0) is 0 Å². The van der Waals surface area contributed by atoms with Crippen molar-refractivity contribution in [1.29, 1.82) is 0 Å². The third kappa shape index (κ3) is 3.25. The van der Waals surface area contributed by atoms with Crippen LogP contribution in [0.4, 0.5) is 0 Å². The van der Waals surface area contributed by atoms with Crippen molar-refractivity contribution in [3.8, 4) is 0 Å². The first-order valence-electron chi connectivity index (χ1n) is 7.18. The van der Waals surface area contributed by atoms with Crippen molar-refractivity contribution in [3.63, 3.8) is 0 Å². The van der Waals surface area contributed by atoms with Crippen molar-refractivity contribution < 1.29 is 33.1 Å². The van der Waals surface area contributed by atoms with Crippen LogP contribution in [-0.4, -0.2) is 68.9 Å². The summed E-state index contributed by atoms with van der Waals surface area (Å²) in [4.78, 5) is 22.0. The van der Waals surface area contributed by atoms with Gasteiger partial charge in [0.05, 0.1) is 19.3 Å². The molecule has 3 N–H and O–H groups in total. The van der Waals surface area contributed by atoms with Crippen LogP contribution < -0.4 is 5.56 Å². The lowest BCUT2D eigenvalue weighted by Gasteiger charge is -2.18. The van der Waals surface area contributed by atoms with Gasteiger partial charge < -0.3 is 19.9 Å². The second kappa shape index (κ2) is 6.92. The highest BCUT2D eigenvalue weighted by Crippen LogP contribution is 2.48. The molecule has 0 unspecified atom stereocenters. The maximum Gasteiger partial charge on any atom is 0.474 e. The van der Waals surface area contributed by atoms with Gasteiger partial charge in [0.15, 0.2) is 17.4 Å². The van der Waals surface area contributed by atoms with Gasteiger partial charge in [-0.2, -0.15) is 0 Å². The number of nitrogens with zero attached hydrogens (tertiary/aromatic N) is 3. The lowest BCUT2D eigenvalue weighted by atomic mass is 10.1. The average molecular weight is 376 g/mol. The number of imidazole rings is 1. The Kier molecular flexibility index (Phi) is 5.02. The zero-order valence-electron chi connectivity index (χ0n) is 13.3. The fourth-order valence-electron chi connectivity index (χ4n) is 2.49. The molecule has 12 nitrogen and oxygen atoms in total. The van der Waals surface area contributed by atoms with Gasteiger partial charge in [0.2, 0.25) is 0 Å². The van der Waals surface area contributed by atoms with Gasteiger partial charge in [-0.1, -0.05) is 0 Å². The fraction of sp³-hybridized carbons (Fsp3) is 0.583. The molecule has 0 amide bonds. The topological polar surface area (TPSA) is 158 Å². The highest BCUT2D eigenvalue weighted by atomic mass is 31.2. The van der Waals surface area contributed by atoms with E-state index in [-0.39, 0.29) is 17.8 Å². The minimum absolute atomic E-state index is 0.0655. The van der Waals surface area contributed by atoms with Gasteiger partial charge >= 0.3 is 7.82 Å². The Labute approximate surface area is 140 Å². The molecule has 1 aliphatic rings. The third-order valence-electron chi connectivity index (χ3n) is 3.82. The average Bonchev–Trinajstić information content (AvgIpc) is 3.16. The maximum atomic E-state index is 11.9. The van der Waals surface area contributed by atoms with Crippen molar-refractivity contribution in [1.82, 2.24) is 19.5 Å². The predicted octanol–water partition coefficient (Wildman–Crippen LogP) is -0.844. The standard InChI is InChI=1S/C12H17N4O8P/c1-21-25(20,22-2)23-3-6-8(17)9(18)12(24-6)16-5-15-7-10(16)13-4-14-11(7)19/h4-6,8-9,12,17-18H,3H2,1-2H3,(H,13,14,19)/t6-,8-,9-,12-/m1/s1. The molecule has 4 atom stereocenters. The molecule has 0 saturated carbocycles. The number of aromatic nitrogens is 4. The SMILES string of the molecule is COP(=O)(OC)OC[C@H]1O[C@@H](n2cnc3c(=O)[nH]cnc32)[C@H](O)[C@@H]1O. The largest absolute Gasteiger partial charge is 0.474 e. The van der Waals surface area contributed by atoms with Gasteiger partial charge in [-0.3, -0.25) is 22.9 Å². The van der Waals surface area contributed by atoms with Crippen molar-refractivity contribution in [2.75, 3.05) is 20.8 Å². The lowest BCUT2D eigenvalue weighted by molar-refractivity contribution is -0.0514. The van der Waals surface area contributed by atoms with E-state index in [0.717, 1.165) is 14.2 Å². The first-order valence-corrected chi connectivity index (χ1v) is 8.64. The Balaban J connectivity index is 1.81. The van der Waals surface area contributed by atoms with Crippen molar-refractivity contribution >= 4 is 19.0 Å². The van der Waals surface area contributed by atoms with E-state index in [4.69, 9.17) is 9.26 Å². The second-order valence-corrected chi connectivity index (χ2v) is 7.09. The number of rotatable bonds is 6. The van der Waals surface area contributed by atoms with Crippen molar-refractivity contribution in [2.24, 2.45) is 0 Å². The smallest absolute Gasteiger partial charge is 0.387 e. The lowest BCUT2D eigenvalue weighted by Crippen LogP contribution is -2.33. The number of hydrogen-bond acceptors (Lipinski definition) is 10. The Morgan fingerprint density at radius 3 is 2.72 bits per heavy atom. The molecule has 0 bridgehead atoms. The Bertz CT molecular complexity index is 845. The van der Waals surface area contributed by atoms with Crippen molar-refractivity contribution in [2.45, 2.75) is 24.5 Å². The monoisotopic (exact) mass is 376 g/mol. The van der Waals surface area contributed by atoms with Gasteiger partial charge in [0, 0.05) is 14.2 Å². The molecule has 3 rings (SSSR count). The number of phosphoric acid groups is 1. The number of H-pyrrole nitrogens is 1. The highest BCUT2D eigenvalue weighted by molar-refractivity contribution is 7.48. The highest BCUT2D eigenvalue weighted by Gasteiger charge is 2.45. The summed E-state index contributed by atoms with van der Waals surface area (Å²) in [6, 6.07) is 0. The molecule has 138 valence electrons. The maximum absolute atomic E-state index is 11.9. The third-order valence-corrected chi connectivity index (χ3v) is 5.18. The number of hydrogen-bond donors (Lipinski definition) is 3. The van der Waals surface area contributed by atoms with Crippen LogP contribution in [0.3, 0.4) is 0 Å². The van der Waals surface area contributed by atoms with E-state index in [1.807, 2.05) is 0 Å². The first kappa shape index (κ1) is 18.1. The molecule has 2 aromatic rings. The number of fused-ring (bicyclic) bond motifs is 1. The van der Waals surface area contributed by atoms with Crippen LogP contribution in [0.1, 0.15) is 6.23 Å². The molecule has 2 aromatic heterocycles. The molecular weight excluding hydrogens is 359 g/mol. The van der Waals surface area contributed by atoms with Crippen LogP contribution >= 0.6 is 7.82 Å². The zero-order chi connectivity index (χ0) is 18.2. The predicted molar refractivity (Wildman–Crippen MR) is 81.6 cm³/mol. The summed E-state index contributed by atoms with van der Waals surface area (Å²) in [7, 11) is -1.46. The van der Waals surface area contributed by atoms with E-state index >= 15 is 0 Å². The first-order chi connectivity index (χ1) is 11.9. The molecular formula is C12H17N4O8P.